The summed E-state index contributed by atoms with van der Waals surface area (Å²) in [6, 6.07) is 0. The van der Waals surface area contributed by atoms with E-state index in [0.717, 1.165) is 0 Å². The van der Waals surface area contributed by atoms with Crippen LogP contribution < -0.4 is 5.32 Å². The molecule has 98 valence electrons. The fourth-order valence-electron chi connectivity index (χ4n) is 1.30. The minimum Gasteiger partial charge on any atom is -0.305 e. The van der Waals surface area contributed by atoms with Crippen molar-refractivity contribution in [3.8, 4) is 0 Å². The van der Waals surface area contributed by atoms with Crippen molar-refractivity contribution < 1.29 is 17.6 Å². The summed E-state index contributed by atoms with van der Waals surface area (Å²) < 4.78 is 50.3. The zero-order chi connectivity index (χ0) is 13.2. The molecule has 1 N–H and O–H groups in total. The second kappa shape index (κ2) is 5.22. The number of rotatable bonds is 5. The van der Waals surface area contributed by atoms with E-state index in [1.807, 2.05) is 0 Å². The third-order valence-electron chi connectivity index (χ3n) is 2.23. The van der Waals surface area contributed by atoms with Crippen molar-refractivity contribution in [3.05, 3.63) is 16.4 Å². The zero-order valence-electron chi connectivity index (χ0n) is 9.28. The Morgan fingerprint density at radius 3 is 2.47 bits per heavy atom. The Morgan fingerprint density at radius 1 is 1.47 bits per heavy atom. The molecule has 0 fully saturated rings. The highest BCUT2D eigenvalue weighted by Crippen LogP contribution is 2.22. The van der Waals surface area contributed by atoms with Crippen molar-refractivity contribution in [1.82, 2.24) is 15.1 Å². The minimum absolute atomic E-state index is 0.0432. The molecule has 1 heterocycles. The Hall–Kier alpha value is -0.820. The number of halogens is 5. The third kappa shape index (κ3) is 3.32. The van der Waals surface area contributed by atoms with Crippen molar-refractivity contribution in [2.45, 2.75) is 25.8 Å². The number of aromatic nitrogens is 2. The molecular weight excluding hydrogens is 262 g/mol. The summed E-state index contributed by atoms with van der Waals surface area (Å²) in [4.78, 5) is 0. The largest absolute Gasteiger partial charge is 0.319 e. The standard InChI is InChI=1S/C9H12ClF4N3/c1-5-7(10)6(17(2)16-5)3-15-4-9(13,14)8(11)12/h8,15H,3-4H2,1-2H3. The maximum atomic E-state index is 12.6. The van der Waals surface area contributed by atoms with Crippen LogP contribution in [0.2, 0.25) is 5.02 Å². The van der Waals surface area contributed by atoms with Gasteiger partial charge in [0.2, 0.25) is 0 Å². The van der Waals surface area contributed by atoms with Gasteiger partial charge >= 0.3 is 12.3 Å². The van der Waals surface area contributed by atoms with Crippen LogP contribution in [0.5, 0.6) is 0 Å². The zero-order valence-corrected chi connectivity index (χ0v) is 10.0. The second-order valence-corrected chi connectivity index (χ2v) is 4.01. The molecule has 3 nitrogen and oxygen atoms in total. The van der Waals surface area contributed by atoms with Gasteiger partial charge in [-0.1, -0.05) is 11.6 Å². The Kier molecular flexibility index (Phi) is 4.37. The lowest BCUT2D eigenvalue weighted by molar-refractivity contribution is -0.125. The predicted molar refractivity (Wildman–Crippen MR) is 55.6 cm³/mol. The smallest absolute Gasteiger partial charge is 0.305 e. The molecule has 0 saturated heterocycles. The molecule has 0 aliphatic heterocycles. The highest BCUT2D eigenvalue weighted by atomic mass is 35.5. The molecule has 1 aromatic rings. The Labute approximate surface area is 101 Å². The summed E-state index contributed by atoms with van der Waals surface area (Å²) in [5.74, 6) is -4.04. The summed E-state index contributed by atoms with van der Waals surface area (Å²) >= 11 is 5.87. The summed E-state index contributed by atoms with van der Waals surface area (Å²) in [6.45, 7) is 0.517. The average molecular weight is 274 g/mol. The molecule has 0 aliphatic carbocycles. The summed E-state index contributed by atoms with van der Waals surface area (Å²) in [7, 11) is 1.60. The lowest BCUT2D eigenvalue weighted by atomic mass is 10.3. The van der Waals surface area contributed by atoms with E-state index in [9.17, 15) is 17.6 Å². The van der Waals surface area contributed by atoms with Crippen LogP contribution in [0.4, 0.5) is 17.6 Å². The van der Waals surface area contributed by atoms with Crippen LogP contribution in [-0.2, 0) is 13.6 Å². The predicted octanol–water partition coefficient (Wildman–Crippen LogP) is 2.37. The molecule has 0 unspecified atom stereocenters. The molecule has 0 amide bonds. The summed E-state index contributed by atoms with van der Waals surface area (Å²) in [5, 5.41) is 6.56. The van der Waals surface area contributed by atoms with Gasteiger partial charge < -0.3 is 5.32 Å². The first-order chi connectivity index (χ1) is 7.75. The normalized spacial score (nSPS) is 12.5. The molecule has 1 rings (SSSR count). The molecule has 0 saturated carbocycles. The number of hydrogen-bond acceptors (Lipinski definition) is 2. The molecule has 0 radical (unpaired) electrons. The van der Waals surface area contributed by atoms with E-state index in [2.05, 4.69) is 10.4 Å². The van der Waals surface area contributed by atoms with Crippen LogP contribution in [0.3, 0.4) is 0 Å². The van der Waals surface area contributed by atoms with Crippen molar-refractivity contribution in [1.29, 1.82) is 0 Å². The van der Waals surface area contributed by atoms with E-state index in [0.29, 0.717) is 16.4 Å². The van der Waals surface area contributed by atoms with Crippen LogP contribution >= 0.6 is 11.6 Å². The highest BCUT2D eigenvalue weighted by Gasteiger charge is 2.40. The Bertz CT molecular complexity index is 392. The molecule has 17 heavy (non-hydrogen) atoms. The van der Waals surface area contributed by atoms with Crippen molar-refractivity contribution in [2.75, 3.05) is 6.54 Å². The molecule has 8 heteroatoms. The quantitative estimate of drug-likeness (QED) is 0.835. The van der Waals surface area contributed by atoms with E-state index in [1.54, 1.807) is 14.0 Å². The third-order valence-corrected chi connectivity index (χ3v) is 2.73. The van der Waals surface area contributed by atoms with Crippen LogP contribution in [0.25, 0.3) is 0 Å². The lowest BCUT2D eigenvalue weighted by Gasteiger charge is -2.15. The van der Waals surface area contributed by atoms with Gasteiger partial charge in [0, 0.05) is 13.6 Å². The van der Waals surface area contributed by atoms with E-state index in [4.69, 9.17) is 11.6 Å². The molecule has 1 aromatic heterocycles. The van der Waals surface area contributed by atoms with Crippen molar-refractivity contribution in [2.24, 2.45) is 7.05 Å². The fraction of sp³-hybridized carbons (Fsp3) is 0.667. The molecule has 0 bridgehead atoms. The van der Waals surface area contributed by atoms with Crippen LogP contribution in [-0.4, -0.2) is 28.7 Å². The van der Waals surface area contributed by atoms with Gasteiger partial charge in [0.1, 0.15) is 0 Å². The van der Waals surface area contributed by atoms with E-state index >= 15 is 0 Å². The van der Waals surface area contributed by atoms with Gasteiger partial charge in [0.25, 0.3) is 0 Å². The molecule has 0 atom stereocenters. The number of nitrogens with one attached hydrogen (secondary N) is 1. The minimum atomic E-state index is -4.04. The monoisotopic (exact) mass is 273 g/mol. The SMILES string of the molecule is Cc1nn(C)c(CNCC(F)(F)C(F)F)c1Cl. The Balaban J connectivity index is 2.57. The number of aryl methyl sites for hydroxylation is 2. The highest BCUT2D eigenvalue weighted by molar-refractivity contribution is 6.31. The van der Waals surface area contributed by atoms with E-state index < -0.39 is 18.9 Å². The lowest BCUT2D eigenvalue weighted by Crippen LogP contribution is -2.38. The molecule has 0 aliphatic rings. The van der Waals surface area contributed by atoms with Gasteiger partial charge in [-0.3, -0.25) is 4.68 Å². The van der Waals surface area contributed by atoms with Crippen molar-refractivity contribution >= 4 is 11.6 Å². The van der Waals surface area contributed by atoms with Crippen LogP contribution in [0, 0.1) is 6.92 Å². The van der Waals surface area contributed by atoms with Gasteiger partial charge in [-0.25, -0.2) is 8.78 Å². The molecule has 0 aromatic carbocycles. The first kappa shape index (κ1) is 14.2. The summed E-state index contributed by atoms with van der Waals surface area (Å²) in [5.41, 5.74) is 1.04. The number of nitrogens with zero attached hydrogens (tertiary/aromatic N) is 2. The number of alkyl halides is 4. The average Bonchev–Trinajstić information content (AvgIpc) is 2.44. The van der Waals surface area contributed by atoms with Crippen LogP contribution in [0.15, 0.2) is 0 Å². The van der Waals surface area contributed by atoms with E-state index in [1.165, 1.54) is 4.68 Å². The van der Waals surface area contributed by atoms with Crippen molar-refractivity contribution in [3.63, 3.8) is 0 Å². The van der Waals surface area contributed by atoms with Gasteiger partial charge in [-0.2, -0.15) is 13.9 Å². The maximum absolute atomic E-state index is 12.6. The molecular formula is C9H12ClF4N3. The first-order valence-electron chi connectivity index (χ1n) is 4.80. The maximum Gasteiger partial charge on any atom is 0.319 e. The van der Waals surface area contributed by atoms with Gasteiger partial charge in [0.05, 0.1) is 23.0 Å². The molecule has 0 spiro atoms. The summed E-state index contributed by atoms with van der Waals surface area (Å²) in [6.07, 6.45) is -3.68. The van der Waals surface area contributed by atoms with Gasteiger partial charge in [-0.05, 0) is 6.92 Å². The second-order valence-electron chi connectivity index (χ2n) is 3.63. The Morgan fingerprint density at radius 2 is 2.06 bits per heavy atom. The number of hydrogen-bond donors (Lipinski definition) is 1. The first-order valence-corrected chi connectivity index (χ1v) is 5.18. The van der Waals surface area contributed by atoms with Gasteiger partial charge in [-0.15, -0.1) is 0 Å². The topological polar surface area (TPSA) is 29.9 Å². The fourth-order valence-corrected chi connectivity index (χ4v) is 1.52. The van der Waals surface area contributed by atoms with Gasteiger partial charge in [0.15, 0.2) is 0 Å². The van der Waals surface area contributed by atoms with Crippen LogP contribution in [0.1, 0.15) is 11.4 Å². The van der Waals surface area contributed by atoms with E-state index in [-0.39, 0.29) is 6.54 Å².